The van der Waals surface area contributed by atoms with Crippen LogP contribution in [-0.4, -0.2) is 45.7 Å². The highest BCUT2D eigenvalue weighted by molar-refractivity contribution is 7.99. The number of morpholine rings is 1. The van der Waals surface area contributed by atoms with Crippen molar-refractivity contribution < 1.29 is 17.9 Å². The van der Waals surface area contributed by atoms with Crippen LogP contribution < -0.4 is 4.72 Å². The third-order valence-corrected chi connectivity index (χ3v) is 5.43. The van der Waals surface area contributed by atoms with Gasteiger partial charge in [-0.3, -0.25) is 0 Å². The summed E-state index contributed by atoms with van der Waals surface area (Å²) in [6, 6.07) is 6.73. The average Bonchev–Trinajstić information content (AvgIpc) is 2.56. The molecule has 1 N–H and O–H groups in total. The lowest BCUT2D eigenvalue weighted by atomic mass is 10.0. The van der Waals surface area contributed by atoms with Gasteiger partial charge in [0.1, 0.15) is 0 Å². The third kappa shape index (κ3) is 4.36. The maximum absolute atomic E-state index is 12.6. The smallest absolute Gasteiger partial charge is 0.331 e. The van der Waals surface area contributed by atoms with Gasteiger partial charge in [-0.25, -0.2) is 17.9 Å². The fourth-order valence-corrected chi connectivity index (χ4v) is 3.74. The van der Waals surface area contributed by atoms with Crippen molar-refractivity contribution in [2.75, 3.05) is 26.3 Å². The number of carbonyl (C=O) groups is 1. The molecule has 2 rings (SSSR count). The second-order valence-corrected chi connectivity index (χ2v) is 7.59. The van der Waals surface area contributed by atoms with Gasteiger partial charge in [0, 0.05) is 13.1 Å². The summed E-state index contributed by atoms with van der Waals surface area (Å²) in [6.45, 7) is 7.40. The number of allylic oxidation sites excluding steroid dienone is 1. The number of hydrogen-bond acceptors (Lipinski definition) is 4. The van der Waals surface area contributed by atoms with E-state index in [-0.39, 0.29) is 4.91 Å². The van der Waals surface area contributed by atoms with Crippen LogP contribution in [0.25, 0.3) is 4.91 Å². The molecule has 132 valence electrons. The number of ether oxygens (including phenoxy) is 1. The molecule has 0 spiro atoms. The minimum absolute atomic E-state index is 0.0967. The zero-order valence-corrected chi connectivity index (χ0v) is 15.1. The maximum atomic E-state index is 12.6. The van der Waals surface area contributed by atoms with Crippen LogP contribution in [0.2, 0.25) is 0 Å². The second-order valence-electron chi connectivity index (χ2n) is 5.94. The minimum Gasteiger partial charge on any atom is -0.378 e. The lowest BCUT2D eigenvalue weighted by Gasteiger charge is -2.27. The van der Waals surface area contributed by atoms with Crippen molar-refractivity contribution in [3.05, 3.63) is 41.5 Å². The van der Waals surface area contributed by atoms with Crippen LogP contribution in [0.5, 0.6) is 0 Å². The molecule has 24 heavy (non-hydrogen) atoms. The summed E-state index contributed by atoms with van der Waals surface area (Å²) in [7, 11) is -3.93. The summed E-state index contributed by atoms with van der Waals surface area (Å²) in [6.07, 6.45) is 1.50. The summed E-state index contributed by atoms with van der Waals surface area (Å²) in [4.78, 5) is 13.7. The first-order valence-electron chi connectivity index (χ1n) is 8.01. The molecule has 0 saturated carbocycles. The van der Waals surface area contributed by atoms with Crippen LogP contribution in [0.15, 0.2) is 30.3 Å². The van der Waals surface area contributed by atoms with Crippen LogP contribution >= 0.6 is 0 Å². The van der Waals surface area contributed by atoms with E-state index in [1.165, 1.54) is 11.0 Å². The van der Waals surface area contributed by atoms with Gasteiger partial charge in [-0.05, 0) is 24.0 Å². The number of urea groups is 1. The Morgan fingerprint density at radius 1 is 1.21 bits per heavy atom. The number of sulfonamides is 1. The lowest BCUT2D eigenvalue weighted by Crippen LogP contribution is -2.47. The fraction of sp³-hybridized carbons (Fsp3) is 0.471. The van der Waals surface area contributed by atoms with Crippen molar-refractivity contribution in [2.24, 2.45) is 0 Å². The van der Waals surface area contributed by atoms with E-state index in [1.807, 2.05) is 12.1 Å². The lowest BCUT2D eigenvalue weighted by molar-refractivity contribution is 0.0545. The van der Waals surface area contributed by atoms with Gasteiger partial charge in [-0.1, -0.05) is 44.2 Å². The summed E-state index contributed by atoms with van der Waals surface area (Å²) < 4.78 is 32.5. The second kappa shape index (κ2) is 7.81. The van der Waals surface area contributed by atoms with Gasteiger partial charge in [0.15, 0.2) is 0 Å². The highest BCUT2D eigenvalue weighted by atomic mass is 32.2. The van der Waals surface area contributed by atoms with Crippen molar-refractivity contribution in [1.29, 1.82) is 0 Å². The molecule has 1 aliphatic heterocycles. The fourth-order valence-electron chi connectivity index (χ4n) is 2.51. The minimum atomic E-state index is -3.93. The Bertz CT molecular complexity index is 703. The quantitative estimate of drug-likeness (QED) is 0.903. The topological polar surface area (TPSA) is 75.7 Å². The zero-order chi connectivity index (χ0) is 17.7. The van der Waals surface area contributed by atoms with E-state index >= 15 is 0 Å². The normalized spacial score (nSPS) is 16.3. The maximum Gasteiger partial charge on any atom is 0.331 e. The van der Waals surface area contributed by atoms with Crippen molar-refractivity contribution in [3.63, 3.8) is 0 Å². The average molecular weight is 352 g/mol. The Kier molecular flexibility index (Phi) is 6.01. The van der Waals surface area contributed by atoms with E-state index in [9.17, 15) is 13.2 Å². The molecule has 1 heterocycles. The Morgan fingerprint density at radius 3 is 2.29 bits per heavy atom. The molecule has 7 heteroatoms. The molecule has 1 aromatic carbocycles. The molecule has 0 aliphatic carbocycles. The zero-order valence-electron chi connectivity index (χ0n) is 14.3. The highest BCUT2D eigenvalue weighted by Gasteiger charge is 2.25. The number of carbonyl (C=O) groups excluding carboxylic acids is 1. The van der Waals surface area contributed by atoms with Gasteiger partial charge in [-0.2, -0.15) is 0 Å². The van der Waals surface area contributed by atoms with Gasteiger partial charge in [0.2, 0.25) is 0 Å². The van der Waals surface area contributed by atoms with Crippen molar-refractivity contribution >= 4 is 21.0 Å². The Labute approximate surface area is 143 Å². The Balaban J connectivity index is 2.17. The van der Waals surface area contributed by atoms with Crippen molar-refractivity contribution in [1.82, 2.24) is 9.62 Å². The summed E-state index contributed by atoms with van der Waals surface area (Å²) in [5, 5.41) is 0. The van der Waals surface area contributed by atoms with E-state index in [2.05, 4.69) is 18.6 Å². The van der Waals surface area contributed by atoms with Crippen LogP contribution in [0.3, 0.4) is 0 Å². The first-order chi connectivity index (χ1) is 11.3. The van der Waals surface area contributed by atoms with Crippen LogP contribution in [0.1, 0.15) is 37.8 Å². The van der Waals surface area contributed by atoms with Gasteiger partial charge >= 0.3 is 6.03 Å². The van der Waals surface area contributed by atoms with E-state index in [0.717, 1.165) is 5.56 Å². The SMILES string of the molecule is CC=C(c1ccc(C(C)C)cc1)S(=O)(=O)NC(=O)N1CCOCC1. The molecule has 0 radical (unpaired) electrons. The molecule has 0 aromatic heterocycles. The van der Waals surface area contributed by atoms with E-state index in [4.69, 9.17) is 4.74 Å². The monoisotopic (exact) mass is 352 g/mol. The molecule has 0 bridgehead atoms. The number of nitrogens with one attached hydrogen (secondary N) is 1. The highest BCUT2D eigenvalue weighted by Crippen LogP contribution is 2.23. The summed E-state index contributed by atoms with van der Waals surface area (Å²) >= 11 is 0. The first kappa shape index (κ1) is 18.5. The van der Waals surface area contributed by atoms with Gasteiger partial charge < -0.3 is 9.64 Å². The van der Waals surface area contributed by atoms with Gasteiger partial charge in [-0.15, -0.1) is 0 Å². The molecule has 1 aliphatic rings. The number of nitrogens with zero attached hydrogens (tertiary/aromatic N) is 1. The third-order valence-electron chi connectivity index (χ3n) is 3.93. The standard InChI is InChI=1S/C17H24N2O4S/c1-4-16(15-7-5-14(6-8-15)13(2)3)24(21,22)18-17(20)19-9-11-23-12-10-19/h4-8,13H,9-12H2,1-3H3,(H,18,20). The van der Waals surface area contributed by atoms with Crippen LogP contribution in [-0.2, 0) is 14.8 Å². The molecule has 1 fully saturated rings. The van der Waals surface area contributed by atoms with Crippen LogP contribution in [0.4, 0.5) is 4.79 Å². The Morgan fingerprint density at radius 2 is 1.79 bits per heavy atom. The number of benzene rings is 1. The number of hydrogen-bond donors (Lipinski definition) is 1. The molecule has 2 amide bonds. The molecule has 1 aromatic rings. The predicted molar refractivity (Wildman–Crippen MR) is 94.0 cm³/mol. The molecule has 0 atom stereocenters. The number of rotatable bonds is 4. The summed E-state index contributed by atoms with van der Waals surface area (Å²) in [5.41, 5.74) is 1.69. The number of amides is 2. The summed E-state index contributed by atoms with van der Waals surface area (Å²) in [5.74, 6) is 0.366. The largest absolute Gasteiger partial charge is 0.378 e. The van der Waals surface area contributed by atoms with Crippen molar-refractivity contribution in [3.8, 4) is 0 Å². The van der Waals surface area contributed by atoms with Crippen molar-refractivity contribution in [2.45, 2.75) is 26.7 Å². The Hall–Kier alpha value is -1.86. The van der Waals surface area contributed by atoms with E-state index in [0.29, 0.717) is 37.8 Å². The van der Waals surface area contributed by atoms with Crippen LogP contribution in [0, 0.1) is 0 Å². The predicted octanol–water partition coefficient (Wildman–Crippen LogP) is 2.54. The van der Waals surface area contributed by atoms with E-state index in [1.54, 1.807) is 19.1 Å². The van der Waals surface area contributed by atoms with Gasteiger partial charge in [0.05, 0.1) is 18.1 Å². The molecular weight excluding hydrogens is 328 g/mol. The molecule has 1 saturated heterocycles. The van der Waals surface area contributed by atoms with E-state index < -0.39 is 16.1 Å². The van der Waals surface area contributed by atoms with Gasteiger partial charge in [0.25, 0.3) is 10.0 Å². The molecule has 6 nitrogen and oxygen atoms in total. The molecular formula is C17H24N2O4S. The first-order valence-corrected chi connectivity index (χ1v) is 9.49. The molecule has 0 unspecified atom stereocenters.